The lowest BCUT2D eigenvalue weighted by atomic mass is 10.5. The van der Waals surface area contributed by atoms with Gasteiger partial charge in [-0.25, -0.2) is 0 Å². The van der Waals surface area contributed by atoms with Gasteiger partial charge in [0.1, 0.15) is 0 Å². The molecule has 0 aromatic rings. The van der Waals surface area contributed by atoms with Crippen molar-refractivity contribution in [1.82, 2.24) is 0 Å². The van der Waals surface area contributed by atoms with E-state index < -0.39 is 8.24 Å². The number of rotatable bonds is 3. The largest absolute Gasteiger partial charge is 1.00 e. The van der Waals surface area contributed by atoms with Crippen molar-refractivity contribution in [3.8, 4) is 0 Å². The van der Waals surface area contributed by atoms with Gasteiger partial charge in [0.25, 0.3) is 8.24 Å². The van der Waals surface area contributed by atoms with Crippen LogP contribution in [0.25, 0.3) is 0 Å². The molecule has 0 aromatic carbocycles. The summed E-state index contributed by atoms with van der Waals surface area (Å²) in [4.78, 5) is 2.51. The molecule has 0 atom stereocenters. The summed E-state index contributed by atoms with van der Waals surface area (Å²) >= 11 is 0. The molecule has 0 unspecified atom stereocenters. The second-order valence-electron chi connectivity index (χ2n) is 3.36. The van der Waals surface area contributed by atoms with Gasteiger partial charge < -0.3 is 17.4 Å². The fraction of sp³-hybridized carbons (Fsp3) is 1.00. The van der Waals surface area contributed by atoms with E-state index in [1.165, 1.54) is 13.0 Å². The van der Waals surface area contributed by atoms with Crippen molar-refractivity contribution < 1.29 is 17.4 Å². The molecule has 58 valence electrons. The maximum atomic E-state index is 2.51. The standard InChI is InChI=1S/C6H17NSi.ClH/c1-5-6-7-8(2,3)4;/h7H,5-6H2,1-4H3;1H. The molecule has 2 N–H and O–H groups in total. The highest BCUT2D eigenvalue weighted by molar-refractivity contribution is 6.67. The molecule has 0 spiro atoms. The average molecular weight is 168 g/mol. The molecule has 0 saturated heterocycles. The molecule has 0 radical (unpaired) electrons. The van der Waals surface area contributed by atoms with Gasteiger partial charge in [0.05, 0.1) is 6.54 Å². The van der Waals surface area contributed by atoms with Crippen LogP contribution in [0.15, 0.2) is 0 Å². The van der Waals surface area contributed by atoms with Gasteiger partial charge >= 0.3 is 0 Å². The molecule has 0 aliphatic heterocycles. The average Bonchev–Trinajstić information content (AvgIpc) is 1.59. The van der Waals surface area contributed by atoms with Crippen LogP contribution in [-0.2, 0) is 0 Å². The molecule has 0 fully saturated rings. The Hall–Kier alpha value is 0.467. The van der Waals surface area contributed by atoms with Gasteiger partial charge in [-0.15, -0.1) is 0 Å². The van der Waals surface area contributed by atoms with Crippen LogP contribution in [-0.4, -0.2) is 14.8 Å². The SMILES string of the molecule is CCC[NH2+][Si](C)(C)C.[Cl-]. The first-order valence-electron chi connectivity index (χ1n) is 3.40. The lowest BCUT2D eigenvalue weighted by molar-refractivity contribution is -0.530. The van der Waals surface area contributed by atoms with Gasteiger partial charge in [-0.1, -0.05) is 6.92 Å². The molecule has 0 saturated carbocycles. The van der Waals surface area contributed by atoms with E-state index in [-0.39, 0.29) is 12.4 Å². The van der Waals surface area contributed by atoms with Gasteiger partial charge in [-0.3, -0.25) is 0 Å². The monoisotopic (exact) mass is 167 g/mol. The Morgan fingerprint density at radius 2 is 1.67 bits per heavy atom. The van der Waals surface area contributed by atoms with Crippen LogP contribution in [0.5, 0.6) is 0 Å². The lowest BCUT2D eigenvalue weighted by Crippen LogP contribution is -3.00. The Kier molecular flexibility index (Phi) is 7.12. The second-order valence-corrected chi connectivity index (χ2v) is 8.50. The number of halogens is 1. The molecule has 0 rings (SSSR count). The molecule has 3 heteroatoms. The zero-order valence-corrected chi connectivity index (χ0v) is 8.63. The molecule has 0 aromatic heterocycles. The smallest absolute Gasteiger partial charge is 0.273 e. The highest BCUT2D eigenvalue weighted by Crippen LogP contribution is 1.83. The minimum Gasteiger partial charge on any atom is -1.00 e. The van der Waals surface area contributed by atoms with E-state index in [1.807, 2.05) is 0 Å². The topological polar surface area (TPSA) is 16.6 Å². The van der Waals surface area contributed by atoms with Crippen molar-refractivity contribution in [2.75, 3.05) is 6.54 Å². The molecule has 9 heavy (non-hydrogen) atoms. The maximum absolute atomic E-state index is 2.51. The van der Waals surface area contributed by atoms with Gasteiger partial charge in [-0.2, -0.15) is 0 Å². The molecule has 0 aliphatic rings. The fourth-order valence-corrected chi connectivity index (χ4v) is 1.73. The van der Waals surface area contributed by atoms with Crippen molar-refractivity contribution >= 4 is 8.24 Å². The Morgan fingerprint density at radius 3 is 1.78 bits per heavy atom. The van der Waals surface area contributed by atoms with Crippen molar-refractivity contribution in [2.24, 2.45) is 0 Å². The number of hydrogen-bond donors (Lipinski definition) is 1. The summed E-state index contributed by atoms with van der Waals surface area (Å²) in [6.45, 7) is 10.7. The van der Waals surface area contributed by atoms with Crippen molar-refractivity contribution in [2.45, 2.75) is 33.0 Å². The third-order valence-electron chi connectivity index (χ3n) is 1.05. The molecule has 0 heterocycles. The van der Waals surface area contributed by atoms with Crippen LogP contribution in [0.3, 0.4) is 0 Å². The lowest BCUT2D eigenvalue weighted by Gasteiger charge is -2.11. The summed E-state index contributed by atoms with van der Waals surface area (Å²) in [7, 11) is -0.803. The van der Waals surface area contributed by atoms with Crippen LogP contribution in [0, 0.1) is 0 Å². The Labute approximate surface area is 65.7 Å². The molecular formula is C6H18ClNSi. The first kappa shape index (κ1) is 12.2. The Bertz CT molecular complexity index is 60.6. The van der Waals surface area contributed by atoms with E-state index in [1.54, 1.807) is 0 Å². The molecule has 0 aliphatic carbocycles. The minimum absolute atomic E-state index is 0. The van der Waals surface area contributed by atoms with Crippen LogP contribution >= 0.6 is 0 Å². The normalized spacial score (nSPS) is 10.7. The van der Waals surface area contributed by atoms with Crippen LogP contribution in [0.4, 0.5) is 0 Å². The molecular weight excluding hydrogens is 150 g/mol. The van der Waals surface area contributed by atoms with Gasteiger partial charge in [0.2, 0.25) is 0 Å². The van der Waals surface area contributed by atoms with Gasteiger partial charge in [0, 0.05) is 0 Å². The van der Waals surface area contributed by atoms with E-state index in [9.17, 15) is 0 Å². The summed E-state index contributed by atoms with van der Waals surface area (Å²) in [5.74, 6) is 0. The Morgan fingerprint density at radius 1 is 1.22 bits per heavy atom. The zero-order valence-electron chi connectivity index (χ0n) is 6.87. The molecule has 0 amide bonds. The highest BCUT2D eigenvalue weighted by atomic mass is 35.5. The quantitative estimate of drug-likeness (QED) is 0.460. The predicted octanol–water partition coefficient (Wildman–Crippen LogP) is -2.20. The van der Waals surface area contributed by atoms with Gasteiger partial charge in [-0.05, 0) is 26.1 Å². The summed E-state index contributed by atoms with van der Waals surface area (Å²) in [5.41, 5.74) is 0. The van der Waals surface area contributed by atoms with Crippen LogP contribution in [0.2, 0.25) is 19.6 Å². The predicted molar refractivity (Wildman–Crippen MR) is 40.4 cm³/mol. The summed E-state index contributed by atoms with van der Waals surface area (Å²) in [5, 5.41) is 0. The van der Waals surface area contributed by atoms with Crippen LogP contribution in [0.1, 0.15) is 13.3 Å². The van der Waals surface area contributed by atoms with E-state index >= 15 is 0 Å². The van der Waals surface area contributed by atoms with Crippen molar-refractivity contribution in [1.29, 1.82) is 0 Å². The van der Waals surface area contributed by atoms with Gasteiger partial charge in [0.15, 0.2) is 0 Å². The second kappa shape index (κ2) is 5.27. The number of nitrogens with two attached hydrogens (primary N) is 1. The highest BCUT2D eigenvalue weighted by Gasteiger charge is 2.17. The summed E-state index contributed by atoms with van der Waals surface area (Å²) < 4.78 is 0. The molecule has 0 bridgehead atoms. The maximum Gasteiger partial charge on any atom is 0.273 e. The molecule has 1 nitrogen and oxygen atoms in total. The first-order chi connectivity index (χ1) is 3.56. The number of hydrogen-bond acceptors (Lipinski definition) is 0. The third kappa shape index (κ3) is 11.8. The van der Waals surface area contributed by atoms with Crippen LogP contribution < -0.4 is 17.4 Å². The van der Waals surface area contributed by atoms with E-state index in [4.69, 9.17) is 0 Å². The van der Waals surface area contributed by atoms with Crippen molar-refractivity contribution in [3.05, 3.63) is 0 Å². The summed E-state index contributed by atoms with van der Waals surface area (Å²) in [6, 6.07) is 0. The van der Waals surface area contributed by atoms with E-state index in [0.29, 0.717) is 0 Å². The minimum atomic E-state index is -0.803. The van der Waals surface area contributed by atoms with E-state index in [2.05, 4.69) is 31.5 Å². The van der Waals surface area contributed by atoms with E-state index in [0.717, 1.165) is 0 Å². The third-order valence-corrected chi connectivity index (χ3v) is 2.56. The van der Waals surface area contributed by atoms with Crippen molar-refractivity contribution in [3.63, 3.8) is 0 Å². The summed E-state index contributed by atoms with van der Waals surface area (Å²) in [6.07, 6.45) is 1.31. The number of quaternary nitrogens is 1. The Balaban J connectivity index is 0. The first-order valence-corrected chi connectivity index (χ1v) is 6.98. The zero-order chi connectivity index (χ0) is 6.62. The fourth-order valence-electron chi connectivity index (χ4n) is 0.577.